The Bertz CT molecular complexity index is 560. The first-order valence-corrected chi connectivity index (χ1v) is 6.49. The zero-order valence-corrected chi connectivity index (χ0v) is 11.6. The van der Waals surface area contributed by atoms with Gasteiger partial charge in [-0.25, -0.2) is 9.97 Å². The van der Waals surface area contributed by atoms with Gasteiger partial charge in [-0.15, -0.1) is 0 Å². The molecule has 0 amide bonds. The predicted octanol–water partition coefficient (Wildman–Crippen LogP) is 2.16. The highest BCUT2D eigenvalue weighted by Gasteiger charge is 2.14. The molecule has 2 aromatic rings. The van der Waals surface area contributed by atoms with E-state index in [4.69, 9.17) is 9.47 Å². The summed E-state index contributed by atoms with van der Waals surface area (Å²) in [7, 11) is 1.55. The molecule has 0 aliphatic rings. The van der Waals surface area contributed by atoms with E-state index < -0.39 is 6.10 Å². The molecule has 0 saturated carbocycles. The van der Waals surface area contributed by atoms with Crippen LogP contribution in [0.15, 0.2) is 36.7 Å². The summed E-state index contributed by atoms with van der Waals surface area (Å²) in [6.07, 6.45) is 1.12. The molecule has 0 saturated heterocycles. The Morgan fingerprint density at radius 3 is 2.80 bits per heavy atom. The Kier molecular flexibility index (Phi) is 4.90. The topological polar surface area (TPSA) is 64.5 Å². The highest BCUT2D eigenvalue weighted by Crippen LogP contribution is 2.27. The summed E-state index contributed by atoms with van der Waals surface area (Å²) in [6, 6.07) is 9.18. The number of ether oxygens (including phenoxy) is 2. The molecule has 1 aromatic heterocycles. The van der Waals surface area contributed by atoms with Gasteiger partial charge in [-0.3, -0.25) is 0 Å². The van der Waals surface area contributed by atoms with E-state index in [-0.39, 0.29) is 0 Å². The van der Waals surface area contributed by atoms with E-state index in [9.17, 15) is 5.11 Å². The molecule has 1 aromatic carbocycles. The molecule has 0 aliphatic carbocycles. The van der Waals surface area contributed by atoms with Crippen molar-refractivity contribution in [3.63, 3.8) is 0 Å². The fourth-order valence-electron chi connectivity index (χ4n) is 1.95. The minimum Gasteiger partial charge on any atom is -0.493 e. The van der Waals surface area contributed by atoms with E-state index in [0.29, 0.717) is 24.7 Å². The smallest absolute Gasteiger partial charge is 0.216 e. The van der Waals surface area contributed by atoms with Gasteiger partial charge in [0, 0.05) is 18.1 Å². The van der Waals surface area contributed by atoms with E-state index in [1.807, 2.05) is 31.2 Å². The molecule has 0 aliphatic heterocycles. The van der Waals surface area contributed by atoms with Gasteiger partial charge in [0.1, 0.15) is 12.1 Å². The largest absolute Gasteiger partial charge is 0.493 e. The molecule has 0 spiro atoms. The minimum absolute atomic E-state index is 0.378. The minimum atomic E-state index is -0.683. The number of aliphatic hydroxyl groups is 1. The van der Waals surface area contributed by atoms with Crippen molar-refractivity contribution in [2.75, 3.05) is 13.7 Å². The normalized spacial score (nSPS) is 11.9. The summed E-state index contributed by atoms with van der Waals surface area (Å²) in [5.41, 5.74) is 1.47. The number of para-hydroxylation sites is 1. The lowest BCUT2D eigenvalue weighted by Crippen LogP contribution is -2.07. The van der Waals surface area contributed by atoms with Gasteiger partial charge in [-0.05, 0) is 13.0 Å². The quantitative estimate of drug-likeness (QED) is 0.874. The molecule has 1 N–H and O–H groups in total. The summed E-state index contributed by atoms with van der Waals surface area (Å²) in [5.74, 6) is 1.18. The Labute approximate surface area is 118 Å². The van der Waals surface area contributed by atoms with Crippen molar-refractivity contribution in [1.82, 2.24) is 9.97 Å². The van der Waals surface area contributed by atoms with Crippen molar-refractivity contribution in [2.45, 2.75) is 19.4 Å². The zero-order valence-electron chi connectivity index (χ0n) is 11.6. The van der Waals surface area contributed by atoms with Crippen LogP contribution in [0.2, 0.25) is 0 Å². The lowest BCUT2D eigenvalue weighted by molar-refractivity contribution is 0.171. The summed E-state index contributed by atoms with van der Waals surface area (Å²) in [6.45, 7) is 2.48. The maximum Gasteiger partial charge on any atom is 0.216 e. The highest BCUT2D eigenvalue weighted by atomic mass is 16.5. The van der Waals surface area contributed by atoms with Gasteiger partial charge >= 0.3 is 0 Å². The first-order chi connectivity index (χ1) is 9.74. The Morgan fingerprint density at radius 1 is 1.25 bits per heavy atom. The summed E-state index contributed by atoms with van der Waals surface area (Å²) < 4.78 is 10.6. The molecule has 20 heavy (non-hydrogen) atoms. The third-order valence-corrected chi connectivity index (χ3v) is 2.89. The van der Waals surface area contributed by atoms with Crippen LogP contribution in [0, 0.1) is 0 Å². The summed E-state index contributed by atoms with van der Waals surface area (Å²) in [5, 5.41) is 10.4. The highest BCUT2D eigenvalue weighted by molar-refractivity contribution is 5.35. The number of hydrogen-bond acceptors (Lipinski definition) is 5. The lowest BCUT2D eigenvalue weighted by atomic mass is 10.0. The van der Waals surface area contributed by atoms with Gasteiger partial charge in [0.25, 0.3) is 0 Å². The van der Waals surface area contributed by atoms with Gasteiger partial charge in [0.15, 0.2) is 0 Å². The maximum absolute atomic E-state index is 10.4. The van der Waals surface area contributed by atoms with E-state index in [2.05, 4.69) is 9.97 Å². The number of methoxy groups -OCH3 is 1. The SMILES string of the molecule is CCOc1ccccc1C(O)Cc1cc(OC)ncn1. The molecule has 5 heteroatoms. The summed E-state index contributed by atoms with van der Waals surface area (Å²) >= 11 is 0. The molecular formula is C15H18N2O3. The van der Waals surface area contributed by atoms with Crippen molar-refractivity contribution in [3.05, 3.63) is 47.9 Å². The van der Waals surface area contributed by atoms with Gasteiger partial charge in [-0.2, -0.15) is 0 Å². The molecule has 1 atom stereocenters. The van der Waals surface area contributed by atoms with Gasteiger partial charge < -0.3 is 14.6 Å². The molecule has 106 valence electrons. The van der Waals surface area contributed by atoms with Crippen LogP contribution >= 0.6 is 0 Å². The van der Waals surface area contributed by atoms with Gasteiger partial charge in [0.2, 0.25) is 5.88 Å². The average Bonchev–Trinajstić information content (AvgIpc) is 2.48. The number of hydrogen-bond donors (Lipinski definition) is 1. The molecule has 0 bridgehead atoms. The van der Waals surface area contributed by atoms with E-state index in [1.54, 1.807) is 13.2 Å². The van der Waals surface area contributed by atoms with Crippen molar-refractivity contribution < 1.29 is 14.6 Å². The number of rotatable bonds is 6. The third kappa shape index (κ3) is 3.45. The second-order valence-electron chi connectivity index (χ2n) is 4.24. The van der Waals surface area contributed by atoms with E-state index >= 15 is 0 Å². The first kappa shape index (κ1) is 14.3. The van der Waals surface area contributed by atoms with Crippen LogP contribution < -0.4 is 9.47 Å². The molecule has 5 nitrogen and oxygen atoms in total. The average molecular weight is 274 g/mol. The van der Waals surface area contributed by atoms with Crippen LogP contribution in [0.5, 0.6) is 11.6 Å². The van der Waals surface area contributed by atoms with Gasteiger partial charge in [-0.1, -0.05) is 18.2 Å². The van der Waals surface area contributed by atoms with Crippen LogP contribution in [0.3, 0.4) is 0 Å². The van der Waals surface area contributed by atoms with Crippen molar-refractivity contribution >= 4 is 0 Å². The van der Waals surface area contributed by atoms with Crippen molar-refractivity contribution in [1.29, 1.82) is 0 Å². The predicted molar refractivity (Wildman–Crippen MR) is 74.9 cm³/mol. The van der Waals surface area contributed by atoms with Crippen LogP contribution in [0.1, 0.15) is 24.3 Å². The summed E-state index contributed by atoms with van der Waals surface area (Å²) in [4.78, 5) is 8.08. The monoisotopic (exact) mass is 274 g/mol. The van der Waals surface area contributed by atoms with Crippen molar-refractivity contribution in [3.8, 4) is 11.6 Å². The second-order valence-corrected chi connectivity index (χ2v) is 4.24. The Balaban J connectivity index is 2.17. The number of benzene rings is 1. The van der Waals surface area contributed by atoms with E-state index in [0.717, 1.165) is 11.3 Å². The molecule has 0 radical (unpaired) electrons. The van der Waals surface area contributed by atoms with E-state index in [1.165, 1.54) is 6.33 Å². The Hall–Kier alpha value is -2.14. The van der Waals surface area contributed by atoms with Crippen LogP contribution in [0.4, 0.5) is 0 Å². The third-order valence-electron chi connectivity index (χ3n) is 2.89. The van der Waals surface area contributed by atoms with Gasteiger partial charge in [0.05, 0.1) is 25.5 Å². The maximum atomic E-state index is 10.4. The van der Waals surface area contributed by atoms with Crippen LogP contribution in [0.25, 0.3) is 0 Å². The van der Waals surface area contributed by atoms with Crippen molar-refractivity contribution in [2.24, 2.45) is 0 Å². The second kappa shape index (κ2) is 6.86. The van der Waals surface area contributed by atoms with Crippen LogP contribution in [-0.2, 0) is 6.42 Å². The Morgan fingerprint density at radius 2 is 2.05 bits per heavy atom. The number of aromatic nitrogens is 2. The number of nitrogens with zero attached hydrogens (tertiary/aromatic N) is 2. The molecular weight excluding hydrogens is 256 g/mol. The standard InChI is InChI=1S/C15H18N2O3/c1-3-20-14-7-5-4-6-12(14)13(18)8-11-9-15(19-2)17-10-16-11/h4-7,9-10,13,18H,3,8H2,1-2H3. The fourth-order valence-corrected chi connectivity index (χ4v) is 1.95. The molecule has 1 unspecified atom stereocenters. The molecule has 0 fully saturated rings. The molecule has 1 heterocycles. The molecule has 2 rings (SSSR count). The zero-order chi connectivity index (χ0) is 14.4. The fraction of sp³-hybridized carbons (Fsp3) is 0.333. The van der Waals surface area contributed by atoms with Crippen LogP contribution in [-0.4, -0.2) is 28.8 Å². The lowest BCUT2D eigenvalue weighted by Gasteiger charge is -2.15. The first-order valence-electron chi connectivity index (χ1n) is 6.49. The number of aliphatic hydroxyl groups excluding tert-OH is 1.